The van der Waals surface area contributed by atoms with Crippen LogP contribution in [-0.4, -0.2) is 30.9 Å². The maximum atomic E-state index is 13.9. The second-order valence-electron chi connectivity index (χ2n) is 8.11. The summed E-state index contributed by atoms with van der Waals surface area (Å²) < 4.78 is 21.2. The van der Waals surface area contributed by atoms with Crippen molar-refractivity contribution in [2.45, 2.75) is 19.9 Å². The van der Waals surface area contributed by atoms with E-state index in [1.807, 2.05) is 30.3 Å². The molecule has 7 nitrogen and oxygen atoms in total. The number of hydrogen-bond acceptors (Lipinski definition) is 7. The lowest BCUT2D eigenvalue weighted by atomic mass is 9.96. The molecule has 2 heterocycles. The Bertz CT molecular complexity index is 1620. The van der Waals surface area contributed by atoms with Gasteiger partial charge in [-0.25, -0.2) is 9.79 Å². The predicted molar refractivity (Wildman–Crippen MR) is 169 cm³/mol. The number of hydrogen-bond donors (Lipinski definition) is 0. The highest BCUT2D eigenvalue weighted by atomic mass is 127. The number of carbonyl (C=O) groups excluding carboxylic acids is 1. The summed E-state index contributed by atoms with van der Waals surface area (Å²) in [6.07, 6.45) is 3.54. The third-order valence-corrected chi connectivity index (χ3v) is 8.88. The van der Waals surface area contributed by atoms with E-state index in [-0.39, 0.29) is 12.2 Å². The van der Waals surface area contributed by atoms with Crippen LogP contribution in [0.3, 0.4) is 0 Å². The summed E-state index contributed by atoms with van der Waals surface area (Å²) in [6.45, 7) is 7.84. The molecule has 0 saturated carbocycles. The summed E-state index contributed by atoms with van der Waals surface area (Å²) in [5.41, 5.74) is 2.20. The minimum atomic E-state index is -0.704. The first kappa shape index (κ1) is 29.0. The Morgan fingerprint density at radius 1 is 1.26 bits per heavy atom. The van der Waals surface area contributed by atoms with Crippen LogP contribution in [0.15, 0.2) is 68.5 Å². The van der Waals surface area contributed by atoms with Crippen LogP contribution in [-0.2, 0) is 9.53 Å². The van der Waals surface area contributed by atoms with Gasteiger partial charge in [0.2, 0.25) is 0 Å². The number of esters is 1. The van der Waals surface area contributed by atoms with E-state index in [4.69, 9.17) is 14.2 Å². The first-order valence-electron chi connectivity index (χ1n) is 11.5. The van der Waals surface area contributed by atoms with Crippen molar-refractivity contribution in [3.63, 3.8) is 0 Å². The van der Waals surface area contributed by atoms with Gasteiger partial charge in [0.25, 0.3) is 5.56 Å². The van der Waals surface area contributed by atoms with Gasteiger partial charge in [0.05, 0.1) is 47.2 Å². The first-order chi connectivity index (χ1) is 18.2. The highest BCUT2D eigenvalue weighted by Crippen LogP contribution is 2.35. The van der Waals surface area contributed by atoms with Crippen LogP contribution in [0.1, 0.15) is 31.0 Å². The Morgan fingerprint density at radius 2 is 1.97 bits per heavy atom. The van der Waals surface area contributed by atoms with Crippen molar-refractivity contribution >= 4 is 84.5 Å². The van der Waals surface area contributed by atoms with E-state index in [9.17, 15) is 9.59 Å². The number of thiazole rings is 1. The molecule has 198 valence electrons. The molecule has 0 saturated heterocycles. The molecule has 0 spiro atoms. The van der Waals surface area contributed by atoms with Crippen molar-refractivity contribution in [3.05, 3.63) is 96.7 Å². The van der Waals surface area contributed by atoms with Gasteiger partial charge in [0, 0.05) is 0 Å². The fraction of sp³-hybridized carbons (Fsp3) is 0.222. The van der Waals surface area contributed by atoms with Gasteiger partial charge in [-0.3, -0.25) is 9.36 Å². The van der Waals surface area contributed by atoms with E-state index >= 15 is 0 Å². The Morgan fingerprint density at radius 3 is 2.58 bits per heavy atom. The number of carbonyl (C=O) groups is 1. The molecule has 0 fully saturated rings. The zero-order valence-electron chi connectivity index (χ0n) is 20.7. The third-order valence-electron chi connectivity index (χ3n) is 5.67. The molecule has 0 amide bonds. The lowest BCUT2D eigenvalue weighted by Crippen LogP contribution is -2.40. The SMILES string of the molecule is C=CCOc1c(I)cc(/C=c2/sc3n(c2=O)[C@@H](c2ccc(OC)c(Br)c2)C(C(=O)OCC)=C(C)N=3)cc1I. The monoisotopic (exact) mass is 820 g/mol. The normalized spacial score (nSPS) is 15.1. The van der Waals surface area contributed by atoms with Crippen molar-refractivity contribution in [2.24, 2.45) is 4.99 Å². The summed E-state index contributed by atoms with van der Waals surface area (Å²) >= 11 is 9.26. The highest BCUT2D eigenvalue weighted by Gasteiger charge is 2.33. The van der Waals surface area contributed by atoms with Gasteiger partial charge in [0.15, 0.2) is 4.80 Å². The molecule has 11 heteroatoms. The van der Waals surface area contributed by atoms with Gasteiger partial charge in [-0.05, 0) is 116 Å². The smallest absolute Gasteiger partial charge is 0.338 e. The summed E-state index contributed by atoms with van der Waals surface area (Å²) in [7, 11) is 1.58. The van der Waals surface area contributed by atoms with Crippen LogP contribution in [0.5, 0.6) is 11.5 Å². The second-order valence-corrected chi connectivity index (χ2v) is 12.3. The van der Waals surface area contributed by atoms with Gasteiger partial charge in [-0.15, -0.1) is 0 Å². The second kappa shape index (κ2) is 12.5. The maximum Gasteiger partial charge on any atom is 0.338 e. The average Bonchev–Trinajstić information content (AvgIpc) is 3.16. The molecule has 1 aliphatic rings. The molecule has 4 rings (SSSR count). The van der Waals surface area contributed by atoms with Crippen molar-refractivity contribution < 1.29 is 19.0 Å². The molecular formula is C27H23BrI2N2O5S. The van der Waals surface area contributed by atoms with Crippen LogP contribution < -0.4 is 24.4 Å². The number of ether oxygens (including phenoxy) is 3. The molecule has 1 aliphatic heterocycles. The predicted octanol–water partition coefficient (Wildman–Crippen LogP) is 5.34. The number of aromatic nitrogens is 1. The number of methoxy groups -OCH3 is 1. The van der Waals surface area contributed by atoms with Gasteiger partial charge in [-0.1, -0.05) is 30.1 Å². The van der Waals surface area contributed by atoms with E-state index in [0.717, 1.165) is 24.0 Å². The molecule has 0 aliphatic carbocycles. The minimum Gasteiger partial charge on any atom is -0.496 e. The van der Waals surface area contributed by atoms with Gasteiger partial charge < -0.3 is 14.2 Å². The minimum absolute atomic E-state index is 0.211. The molecule has 0 N–H and O–H groups in total. The molecule has 1 atom stereocenters. The van der Waals surface area contributed by atoms with Crippen LogP contribution in [0.25, 0.3) is 6.08 Å². The quantitative estimate of drug-likeness (QED) is 0.174. The molecular weight excluding hydrogens is 798 g/mol. The maximum absolute atomic E-state index is 13.9. The van der Waals surface area contributed by atoms with E-state index in [2.05, 4.69) is 72.7 Å². The number of fused-ring (bicyclic) bond motifs is 1. The molecule has 3 aromatic rings. The largest absolute Gasteiger partial charge is 0.496 e. The standard InChI is InChI=1S/C27H23BrI2N2O5S/c1-5-9-37-24-18(29)10-15(11-19(24)30)12-21-25(33)32-23(16-7-8-20(35-4)17(28)13-16)22(26(34)36-6-2)14(3)31-27(32)38-21/h5,7-8,10-13,23H,1,6,9H2,2-4H3/b21-12+/t23-/m0/s1. The Hall–Kier alpha value is -1.97. The van der Waals surface area contributed by atoms with Crippen molar-refractivity contribution in [3.8, 4) is 11.5 Å². The summed E-state index contributed by atoms with van der Waals surface area (Å²) in [4.78, 5) is 32.1. The highest BCUT2D eigenvalue weighted by molar-refractivity contribution is 14.1. The summed E-state index contributed by atoms with van der Waals surface area (Å²) in [6, 6.07) is 8.72. The molecule has 0 unspecified atom stereocenters. The molecule has 38 heavy (non-hydrogen) atoms. The zero-order chi connectivity index (χ0) is 27.6. The third kappa shape index (κ3) is 5.80. The number of allylic oxidation sites excluding steroid dienone is 1. The Kier molecular flexibility index (Phi) is 9.53. The van der Waals surface area contributed by atoms with Crippen molar-refractivity contribution in [1.29, 1.82) is 0 Å². The summed E-state index contributed by atoms with van der Waals surface area (Å²) in [5, 5.41) is 0. The molecule has 0 radical (unpaired) electrons. The van der Waals surface area contributed by atoms with E-state index in [0.29, 0.717) is 37.4 Å². The number of nitrogens with zero attached hydrogens (tertiary/aromatic N) is 2. The number of halogens is 3. The topological polar surface area (TPSA) is 79.1 Å². The Labute approximate surface area is 259 Å². The van der Waals surface area contributed by atoms with Crippen LogP contribution >= 0.6 is 72.4 Å². The van der Waals surface area contributed by atoms with Crippen LogP contribution in [0, 0.1) is 7.14 Å². The van der Waals surface area contributed by atoms with Crippen molar-refractivity contribution in [2.75, 3.05) is 20.3 Å². The zero-order valence-corrected chi connectivity index (χ0v) is 27.4. The molecule has 2 aromatic carbocycles. The lowest BCUT2D eigenvalue weighted by molar-refractivity contribution is -0.139. The fourth-order valence-electron chi connectivity index (χ4n) is 4.05. The van der Waals surface area contributed by atoms with Gasteiger partial charge in [-0.2, -0.15) is 0 Å². The summed E-state index contributed by atoms with van der Waals surface area (Å²) in [5.74, 6) is 0.924. The van der Waals surface area contributed by atoms with E-state index < -0.39 is 12.0 Å². The lowest BCUT2D eigenvalue weighted by Gasteiger charge is -2.25. The fourth-order valence-corrected chi connectivity index (χ4v) is 7.79. The van der Waals surface area contributed by atoms with Gasteiger partial charge >= 0.3 is 5.97 Å². The van der Waals surface area contributed by atoms with Crippen LogP contribution in [0.2, 0.25) is 0 Å². The number of rotatable bonds is 8. The average molecular weight is 821 g/mol. The number of benzene rings is 2. The van der Waals surface area contributed by atoms with E-state index in [1.165, 1.54) is 11.3 Å². The van der Waals surface area contributed by atoms with E-state index in [1.54, 1.807) is 37.7 Å². The van der Waals surface area contributed by atoms with Gasteiger partial charge in [0.1, 0.15) is 18.1 Å². The Balaban J connectivity index is 1.91. The molecule has 0 bridgehead atoms. The van der Waals surface area contributed by atoms with Crippen LogP contribution in [0.4, 0.5) is 0 Å². The molecule has 1 aromatic heterocycles. The van der Waals surface area contributed by atoms with Crippen molar-refractivity contribution in [1.82, 2.24) is 4.57 Å². The first-order valence-corrected chi connectivity index (χ1v) is 15.2.